The lowest BCUT2D eigenvalue weighted by Gasteiger charge is -2.18. The number of nitrogens with one attached hydrogen (secondary N) is 1. The molecule has 1 aromatic heterocycles. The molecule has 6 heteroatoms. The van der Waals surface area contributed by atoms with E-state index in [0.29, 0.717) is 11.7 Å². The van der Waals surface area contributed by atoms with Gasteiger partial charge in [-0.2, -0.15) is 0 Å². The highest BCUT2D eigenvalue weighted by Gasteiger charge is 2.17. The van der Waals surface area contributed by atoms with Crippen molar-refractivity contribution < 1.29 is 4.79 Å². The number of carbonyl (C=O) groups excluding carboxylic acids is 1. The van der Waals surface area contributed by atoms with Crippen molar-refractivity contribution in [1.29, 1.82) is 0 Å². The van der Waals surface area contributed by atoms with Gasteiger partial charge in [0, 0.05) is 12.5 Å². The lowest BCUT2D eigenvalue weighted by atomic mass is 9.88. The summed E-state index contributed by atoms with van der Waals surface area (Å²) in [6.07, 6.45) is 4.10. The number of amides is 1. The fourth-order valence-electron chi connectivity index (χ4n) is 2.92. The van der Waals surface area contributed by atoms with Gasteiger partial charge < -0.3 is 5.32 Å². The Morgan fingerprint density at radius 3 is 2.22 bits per heavy atom. The zero-order valence-electron chi connectivity index (χ0n) is 14.9. The molecule has 3 aromatic rings. The maximum absolute atomic E-state index is 12.5. The van der Waals surface area contributed by atoms with Crippen molar-refractivity contribution >= 4 is 29.3 Å². The molecular formula is C21H20ClN3OS. The SMILES string of the molecule is CSc1ncc(Cl)c(C(=O)NCCC(c2ccccc2)c2ccccc2)n1. The summed E-state index contributed by atoms with van der Waals surface area (Å²) < 4.78 is 0. The quantitative estimate of drug-likeness (QED) is 0.459. The number of nitrogens with zero attached hydrogens (tertiary/aromatic N) is 2. The van der Waals surface area contributed by atoms with Crippen LogP contribution in [0, 0.1) is 0 Å². The third kappa shape index (κ3) is 5.08. The molecule has 1 amide bonds. The number of rotatable bonds is 7. The Balaban J connectivity index is 1.70. The molecule has 0 radical (unpaired) electrons. The molecular weight excluding hydrogens is 378 g/mol. The Morgan fingerprint density at radius 1 is 1.07 bits per heavy atom. The molecule has 0 aliphatic heterocycles. The summed E-state index contributed by atoms with van der Waals surface area (Å²) in [5.74, 6) is -0.0760. The Hall–Kier alpha value is -2.37. The smallest absolute Gasteiger partial charge is 0.271 e. The lowest BCUT2D eigenvalue weighted by molar-refractivity contribution is 0.0947. The van der Waals surface area contributed by atoms with Crippen molar-refractivity contribution in [3.05, 3.63) is 88.7 Å². The average molecular weight is 398 g/mol. The van der Waals surface area contributed by atoms with Crippen molar-refractivity contribution in [2.45, 2.75) is 17.5 Å². The van der Waals surface area contributed by atoms with Crippen LogP contribution >= 0.6 is 23.4 Å². The van der Waals surface area contributed by atoms with E-state index in [2.05, 4.69) is 39.6 Å². The zero-order chi connectivity index (χ0) is 19.1. The van der Waals surface area contributed by atoms with Gasteiger partial charge in [-0.3, -0.25) is 4.79 Å². The summed E-state index contributed by atoms with van der Waals surface area (Å²) in [5, 5.41) is 3.72. The van der Waals surface area contributed by atoms with E-state index in [4.69, 9.17) is 11.6 Å². The minimum atomic E-state index is -0.280. The van der Waals surface area contributed by atoms with E-state index in [-0.39, 0.29) is 22.5 Å². The lowest BCUT2D eigenvalue weighted by Crippen LogP contribution is -2.27. The highest BCUT2D eigenvalue weighted by molar-refractivity contribution is 7.98. The van der Waals surface area contributed by atoms with Crippen LogP contribution in [0.15, 0.2) is 72.0 Å². The number of hydrogen-bond donors (Lipinski definition) is 1. The largest absolute Gasteiger partial charge is 0.351 e. The molecule has 4 nitrogen and oxygen atoms in total. The van der Waals surface area contributed by atoms with E-state index in [0.717, 1.165) is 6.42 Å². The zero-order valence-corrected chi connectivity index (χ0v) is 16.5. The van der Waals surface area contributed by atoms with Crippen molar-refractivity contribution in [2.24, 2.45) is 0 Å². The molecule has 0 saturated carbocycles. The molecule has 0 saturated heterocycles. The highest BCUT2D eigenvalue weighted by atomic mass is 35.5. The number of thioether (sulfide) groups is 1. The van der Waals surface area contributed by atoms with Gasteiger partial charge in [0.2, 0.25) is 0 Å². The second kappa shape index (κ2) is 9.53. The summed E-state index contributed by atoms with van der Waals surface area (Å²) in [6.45, 7) is 0.516. The number of aromatic nitrogens is 2. The summed E-state index contributed by atoms with van der Waals surface area (Å²) >= 11 is 7.46. The summed E-state index contributed by atoms with van der Waals surface area (Å²) in [6, 6.07) is 20.6. The van der Waals surface area contributed by atoms with E-state index in [1.807, 2.05) is 42.7 Å². The Bertz CT molecular complexity index is 851. The predicted octanol–water partition coefficient (Wildman–Crippen LogP) is 4.80. The topological polar surface area (TPSA) is 54.9 Å². The van der Waals surface area contributed by atoms with Gasteiger partial charge in [0.1, 0.15) is 0 Å². The predicted molar refractivity (Wildman–Crippen MR) is 111 cm³/mol. The maximum atomic E-state index is 12.5. The fraction of sp³-hybridized carbons (Fsp3) is 0.190. The van der Waals surface area contributed by atoms with Gasteiger partial charge in [-0.05, 0) is 23.8 Å². The highest BCUT2D eigenvalue weighted by Crippen LogP contribution is 2.27. The van der Waals surface area contributed by atoms with Gasteiger partial charge in [0.25, 0.3) is 5.91 Å². The van der Waals surface area contributed by atoms with E-state index in [1.54, 1.807) is 0 Å². The van der Waals surface area contributed by atoms with Crippen LogP contribution in [0.1, 0.15) is 34.0 Å². The second-order valence-electron chi connectivity index (χ2n) is 5.97. The molecule has 3 rings (SSSR count). The molecule has 0 aliphatic carbocycles. The average Bonchev–Trinajstić information content (AvgIpc) is 2.72. The first kappa shape index (κ1) is 19.4. The number of carbonyl (C=O) groups is 1. The van der Waals surface area contributed by atoms with Crippen molar-refractivity contribution in [2.75, 3.05) is 12.8 Å². The molecule has 0 atom stereocenters. The van der Waals surface area contributed by atoms with E-state index in [9.17, 15) is 4.79 Å². The number of halogens is 1. The molecule has 0 unspecified atom stereocenters. The molecule has 0 aliphatic rings. The standard InChI is InChI=1S/C21H20ClN3OS/c1-27-21-24-14-18(22)19(25-21)20(26)23-13-12-17(15-8-4-2-5-9-15)16-10-6-3-7-11-16/h2-11,14,17H,12-13H2,1H3,(H,23,26). The van der Waals surface area contributed by atoms with Crippen LogP contribution in [-0.2, 0) is 0 Å². The maximum Gasteiger partial charge on any atom is 0.271 e. The molecule has 2 aromatic carbocycles. The fourth-order valence-corrected chi connectivity index (χ4v) is 3.44. The Kier molecular flexibility index (Phi) is 6.85. The van der Waals surface area contributed by atoms with Crippen LogP contribution in [0.2, 0.25) is 5.02 Å². The first-order valence-corrected chi connectivity index (χ1v) is 10.2. The molecule has 1 N–H and O–H groups in total. The molecule has 0 spiro atoms. The van der Waals surface area contributed by atoms with E-state index >= 15 is 0 Å². The second-order valence-corrected chi connectivity index (χ2v) is 7.15. The monoisotopic (exact) mass is 397 g/mol. The van der Waals surface area contributed by atoms with Gasteiger partial charge in [0.15, 0.2) is 10.9 Å². The third-order valence-corrected chi connectivity index (χ3v) is 5.08. The van der Waals surface area contributed by atoms with Gasteiger partial charge >= 0.3 is 0 Å². The molecule has 0 bridgehead atoms. The van der Waals surface area contributed by atoms with Gasteiger partial charge in [0.05, 0.1) is 11.2 Å². The van der Waals surface area contributed by atoms with E-state index in [1.165, 1.54) is 29.1 Å². The summed E-state index contributed by atoms with van der Waals surface area (Å²) in [5.41, 5.74) is 2.66. The van der Waals surface area contributed by atoms with Gasteiger partial charge in [-0.15, -0.1) is 0 Å². The summed E-state index contributed by atoms with van der Waals surface area (Å²) in [4.78, 5) is 20.8. The third-order valence-electron chi connectivity index (χ3n) is 4.24. The molecule has 1 heterocycles. The first-order valence-electron chi connectivity index (χ1n) is 8.63. The summed E-state index contributed by atoms with van der Waals surface area (Å²) in [7, 11) is 0. The molecule has 0 fully saturated rings. The van der Waals surface area contributed by atoms with Crippen molar-refractivity contribution in [1.82, 2.24) is 15.3 Å². The minimum absolute atomic E-state index is 0.204. The van der Waals surface area contributed by atoms with Crippen LogP contribution in [0.5, 0.6) is 0 Å². The van der Waals surface area contributed by atoms with Crippen LogP contribution in [-0.4, -0.2) is 28.7 Å². The normalized spacial score (nSPS) is 10.8. The number of hydrogen-bond acceptors (Lipinski definition) is 4. The van der Waals surface area contributed by atoms with E-state index < -0.39 is 0 Å². The first-order chi connectivity index (χ1) is 13.2. The molecule has 27 heavy (non-hydrogen) atoms. The van der Waals surface area contributed by atoms with Crippen LogP contribution < -0.4 is 5.32 Å². The van der Waals surface area contributed by atoms with Crippen molar-refractivity contribution in [3.63, 3.8) is 0 Å². The molecule has 138 valence electrons. The van der Waals surface area contributed by atoms with Crippen LogP contribution in [0.3, 0.4) is 0 Å². The van der Waals surface area contributed by atoms with Gasteiger partial charge in [-0.1, -0.05) is 84.0 Å². The van der Waals surface area contributed by atoms with Crippen molar-refractivity contribution in [3.8, 4) is 0 Å². The van der Waals surface area contributed by atoms with Gasteiger partial charge in [-0.25, -0.2) is 9.97 Å². The van der Waals surface area contributed by atoms with Crippen LogP contribution in [0.25, 0.3) is 0 Å². The number of benzene rings is 2. The Morgan fingerprint density at radius 2 is 1.67 bits per heavy atom. The minimum Gasteiger partial charge on any atom is -0.351 e. The Labute approximate surface area is 168 Å². The van der Waals surface area contributed by atoms with Crippen LogP contribution in [0.4, 0.5) is 0 Å².